The number of ether oxygens (including phenoxy) is 2. The zero-order valence-electron chi connectivity index (χ0n) is 21.3. The Balaban J connectivity index is 1.72. The summed E-state index contributed by atoms with van der Waals surface area (Å²) >= 11 is 0. The third-order valence-corrected chi connectivity index (χ3v) is 6.32. The Bertz CT molecular complexity index is 1240. The van der Waals surface area contributed by atoms with Crippen molar-refractivity contribution in [2.45, 2.75) is 45.6 Å². The van der Waals surface area contributed by atoms with E-state index in [1.54, 1.807) is 25.5 Å². The lowest BCUT2D eigenvalue weighted by molar-refractivity contribution is -0.133. The molecule has 0 saturated carbocycles. The van der Waals surface area contributed by atoms with Crippen LogP contribution in [0.4, 0.5) is 11.5 Å². The minimum absolute atomic E-state index is 0.0223. The zero-order valence-corrected chi connectivity index (χ0v) is 21.3. The number of anilines is 1. The molecule has 36 heavy (non-hydrogen) atoms. The van der Waals surface area contributed by atoms with Crippen molar-refractivity contribution in [3.63, 3.8) is 0 Å². The van der Waals surface area contributed by atoms with Crippen molar-refractivity contribution in [1.82, 2.24) is 19.9 Å². The lowest BCUT2D eigenvalue weighted by Crippen LogP contribution is -2.38. The van der Waals surface area contributed by atoms with Crippen LogP contribution < -0.4 is 14.4 Å². The number of carbonyl (C=O) groups excluding carboxylic acids is 1. The Hall–Kier alpha value is -3.82. The van der Waals surface area contributed by atoms with E-state index < -0.39 is 0 Å². The first-order valence-electron chi connectivity index (χ1n) is 12.3. The van der Waals surface area contributed by atoms with E-state index in [2.05, 4.69) is 19.9 Å². The number of aromatic amines is 1. The standard InChI is InChI=1S/C26H34N6O4/c1-17(2)32-12-6-5-11-31(3)25-23-19(26(34)30-24(23)28-16-29-25)15-27-18-9-10-20(35-4)21(14-18)36-13-7-8-22(32)33/h9-10,14-17,34H,5-8,11-13H2,1-4H3,(H,28,29,30). The molecule has 0 saturated heterocycles. The van der Waals surface area contributed by atoms with Gasteiger partial charge in [-0.15, -0.1) is 0 Å². The summed E-state index contributed by atoms with van der Waals surface area (Å²) in [5.74, 6) is 1.94. The fourth-order valence-corrected chi connectivity index (χ4v) is 4.39. The first-order chi connectivity index (χ1) is 17.4. The Labute approximate surface area is 211 Å². The van der Waals surface area contributed by atoms with Gasteiger partial charge in [-0.1, -0.05) is 0 Å². The van der Waals surface area contributed by atoms with E-state index in [1.165, 1.54) is 6.33 Å². The summed E-state index contributed by atoms with van der Waals surface area (Å²) in [5, 5.41) is 11.3. The van der Waals surface area contributed by atoms with Gasteiger partial charge in [-0.05, 0) is 45.2 Å². The molecule has 3 aromatic rings. The summed E-state index contributed by atoms with van der Waals surface area (Å²) in [4.78, 5) is 33.2. The normalized spacial score (nSPS) is 16.0. The van der Waals surface area contributed by atoms with Crippen molar-refractivity contribution in [2.75, 3.05) is 38.8 Å². The van der Waals surface area contributed by atoms with E-state index in [0.29, 0.717) is 65.6 Å². The van der Waals surface area contributed by atoms with Crippen molar-refractivity contribution in [3.05, 3.63) is 30.1 Å². The Kier molecular flexibility index (Phi) is 7.92. The molecule has 1 aromatic carbocycles. The maximum absolute atomic E-state index is 12.9. The third kappa shape index (κ3) is 5.53. The number of nitrogens with one attached hydrogen (secondary N) is 1. The summed E-state index contributed by atoms with van der Waals surface area (Å²) in [5.41, 5.74) is 1.68. The lowest BCUT2D eigenvalue weighted by atomic mass is 10.2. The molecule has 10 heteroatoms. The lowest BCUT2D eigenvalue weighted by Gasteiger charge is -2.27. The van der Waals surface area contributed by atoms with Crippen LogP contribution >= 0.6 is 0 Å². The van der Waals surface area contributed by atoms with Gasteiger partial charge in [-0.25, -0.2) is 9.97 Å². The van der Waals surface area contributed by atoms with Gasteiger partial charge in [0.1, 0.15) is 17.8 Å². The van der Waals surface area contributed by atoms with E-state index in [-0.39, 0.29) is 17.8 Å². The third-order valence-electron chi connectivity index (χ3n) is 6.32. The van der Waals surface area contributed by atoms with Gasteiger partial charge in [0.2, 0.25) is 5.91 Å². The second-order valence-electron chi connectivity index (χ2n) is 9.16. The molecule has 3 heterocycles. The molecule has 10 nitrogen and oxygen atoms in total. The molecule has 2 bridgehead atoms. The molecular formula is C26H34N6O4. The van der Waals surface area contributed by atoms with Crippen molar-refractivity contribution in [2.24, 2.45) is 4.99 Å². The largest absolute Gasteiger partial charge is 0.494 e. The van der Waals surface area contributed by atoms with E-state index in [1.807, 2.05) is 36.8 Å². The van der Waals surface area contributed by atoms with Crippen LogP contribution in [0.3, 0.4) is 0 Å². The monoisotopic (exact) mass is 494 g/mol. The Morgan fingerprint density at radius 3 is 2.75 bits per heavy atom. The number of nitrogens with zero attached hydrogens (tertiary/aromatic N) is 5. The molecule has 1 aliphatic rings. The maximum atomic E-state index is 12.9. The number of rotatable bonds is 2. The number of H-pyrrole nitrogens is 1. The fraction of sp³-hybridized carbons (Fsp3) is 0.462. The number of hydrogen-bond acceptors (Lipinski definition) is 8. The molecular weight excluding hydrogens is 460 g/mol. The molecule has 0 fully saturated rings. The van der Waals surface area contributed by atoms with Crippen molar-refractivity contribution in [1.29, 1.82) is 0 Å². The van der Waals surface area contributed by atoms with Gasteiger partial charge in [0.15, 0.2) is 17.4 Å². The number of benzene rings is 1. The summed E-state index contributed by atoms with van der Waals surface area (Å²) < 4.78 is 11.4. The number of aliphatic imine (C=N–C) groups is 1. The zero-order chi connectivity index (χ0) is 25.7. The SMILES string of the molecule is COc1ccc2cc1OCCCC(=O)N(C(C)C)CCCCN(C)c1ncnc3[nH]c(O)c(c13)C=N2. The molecule has 2 N–H and O–H groups in total. The smallest absolute Gasteiger partial charge is 0.222 e. The average molecular weight is 495 g/mol. The van der Waals surface area contributed by atoms with Crippen LogP contribution in [0.15, 0.2) is 29.5 Å². The molecule has 4 rings (SSSR count). The molecule has 0 spiro atoms. The number of aromatic nitrogens is 3. The fourth-order valence-electron chi connectivity index (χ4n) is 4.39. The number of methoxy groups -OCH3 is 1. The summed E-state index contributed by atoms with van der Waals surface area (Å²) in [6.07, 6.45) is 5.86. The van der Waals surface area contributed by atoms with Crippen LogP contribution in [0.25, 0.3) is 11.0 Å². The molecule has 1 aliphatic heterocycles. The van der Waals surface area contributed by atoms with Gasteiger partial charge in [-0.2, -0.15) is 0 Å². The summed E-state index contributed by atoms with van der Waals surface area (Å²) in [7, 11) is 3.55. The van der Waals surface area contributed by atoms with E-state index >= 15 is 0 Å². The molecule has 0 aliphatic carbocycles. The van der Waals surface area contributed by atoms with Gasteiger partial charge in [0.25, 0.3) is 0 Å². The highest BCUT2D eigenvalue weighted by molar-refractivity contribution is 6.06. The van der Waals surface area contributed by atoms with E-state index in [9.17, 15) is 9.90 Å². The topological polar surface area (TPSA) is 116 Å². The highest BCUT2D eigenvalue weighted by Gasteiger charge is 2.19. The van der Waals surface area contributed by atoms with E-state index in [0.717, 1.165) is 19.4 Å². The summed E-state index contributed by atoms with van der Waals surface area (Å²) in [6.45, 7) is 5.91. The average Bonchev–Trinajstić information content (AvgIpc) is 3.19. The molecule has 2 aromatic heterocycles. The van der Waals surface area contributed by atoms with Gasteiger partial charge >= 0.3 is 0 Å². The molecule has 0 radical (unpaired) electrons. The number of aromatic hydroxyl groups is 1. The van der Waals surface area contributed by atoms with Crippen molar-refractivity contribution < 1.29 is 19.4 Å². The van der Waals surface area contributed by atoms with Crippen LogP contribution in [0.1, 0.15) is 45.1 Å². The molecule has 192 valence electrons. The van der Waals surface area contributed by atoms with Gasteiger partial charge < -0.3 is 29.4 Å². The van der Waals surface area contributed by atoms with Crippen LogP contribution in [-0.4, -0.2) is 77.0 Å². The highest BCUT2D eigenvalue weighted by Crippen LogP contribution is 2.34. The maximum Gasteiger partial charge on any atom is 0.222 e. The first-order valence-corrected chi connectivity index (χ1v) is 12.3. The highest BCUT2D eigenvalue weighted by atomic mass is 16.5. The second kappa shape index (κ2) is 11.3. The van der Waals surface area contributed by atoms with Crippen LogP contribution in [0.2, 0.25) is 0 Å². The van der Waals surface area contributed by atoms with Gasteiger partial charge in [0, 0.05) is 44.9 Å². The molecule has 1 amide bonds. The number of carbonyl (C=O) groups is 1. The van der Waals surface area contributed by atoms with Crippen LogP contribution in [0, 0.1) is 0 Å². The minimum Gasteiger partial charge on any atom is -0.494 e. The molecule has 0 atom stereocenters. The number of hydrogen-bond donors (Lipinski definition) is 2. The van der Waals surface area contributed by atoms with Crippen LogP contribution in [-0.2, 0) is 4.79 Å². The van der Waals surface area contributed by atoms with Gasteiger partial charge in [-0.3, -0.25) is 9.79 Å². The van der Waals surface area contributed by atoms with E-state index in [4.69, 9.17) is 9.47 Å². The Morgan fingerprint density at radius 1 is 1.17 bits per heavy atom. The second-order valence-corrected chi connectivity index (χ2v) is 9.16. The first kappa shape index (κ1) is 25.3. The number of amides is 1. The minimum atomic E-state index is -0.0223. The quantitative estimate of drug-likeness (QED) is 0.552. The summed E-state index contributed by atoms with van der Waals surface area (Å²) in [6, 6.07) is 5.50. The van der Waals surface area contributed by atoms with Crippen molar-refractivity contribution in [3.8, 4) is 17.4 Å². The Morgan fingerprint density at radius 2 is 1.97 bits per heavy atom. The van der Waals surface area contributed by atoms with Crippen LogP contribution in [0.5, 0.6) is 17.4 Å². The number of fused-ring (bicyclic) bond motifs is 2. The van der Waals surface area contributed by atoms with Gasteiger partial charge in [0.05, 0.1) is 30.4 Å². The molecule has 0 unspecified atom stereocenters. The van der Waals surface area contributed by atoms with Crippen molar-refractivity contribution >= 4 is 34.7 Å². The predicted molar refractivity (Wildman–Crippen MR) is 140 cm³/mol. The predicted octanol–water partition coefficient (Wildman–Crippen LogP) is 4.05.